The van der Waals surface area contributed by atoms with Crippen molar-refractivity contribution < 1.29 is 14.3 Å². The third kappa shape index (κ3) is 3.54. The molecule has 23 heavy (non-hydrogen) atoms. The van der Waals surface area contributed by atoms with Crippen LogP contribution in [0.4, 0.5) is 0 Å². The molecule has 0 aromatic heterocycles. The van der Waals surface area contributed by atoms with Gasteiger partial charge in [0.25, 0.3) is 5.91 Å². The standard InChI is InChI=1S/C17H23N3O3/c1-13(16(21)18-6-7-19-8-10-23-11-9-19)20-12-14-4-2-3-5-15(14)17(20)22/h2-5,13H,6-12H2,1H3,(H,18,21). The van der Waals surface area contributed by atoms with E-state index < -0.39 is 6.04 Å². The molecule has 1 saturated heterocycles. The Balaban J connectivity index is 1.49. The Morgan fingerprint density at radius 3 is 2.78 bits per heavy atom. The van der Waals surface area contributed by atoms with Gasteiger partial charge >= 0.3 is 0 Å². The van der Waals surface area contributed by atoms with Gasteiger partial charge in [-0.1, -0.05) is 18.2 Å². The van der Waals surface area contributed by atoms with E-state index >= 15 is 0 Å². The summed E-state index contributed by atoms with van der Waals surface area (Å²) in [7, 11) is 0. The Morgan fingerprint density at radius 2 is 2.04 bits per heavy atom. The summed E-state index contributed by atoms with van der Waals surface area (Å²) in [6.45, 7) is 7.03. The average Bonchev–Trinajstić information content (AvgIpc) is 2.92. The topological polar surface area (TPSA) is 61.9 Å². The Labute approximate surface area is 136 Å². The van der Waals surface area contributed by atoms with Gasteiger partial charge in [-0.05, 0) is 18.6 Å². The van der Waals surface area contributed by atoms with Crippen molar-refractivity contribution in [2.45, 2.75) is 19.5 Å². The first kappa shape index (κ1) is 16.0. The van der Waals surface area contributed by atoms with Crippen LogP contribution in [0.15, 0.2) is 24.3 Å². The summed E-state index contributed by atoms with van der Waals surface area (Å²) in [4.78, 5) is 28.6. The van der Waals surface area contributed by atoms with Crippen LogP contribution in [0.25, 0.3) is 0 Å². The molecule has 1 unspecified atom stereocenters. The molecule has 0 spiro atoms. The molecule has 6 heteroatoms. The Morgan fingerprint density at radius 1 is 1.30 bits per heavy atom. The van der Waals surface area contributed by atoms with E-state index in [1.807, 2.05) is 24.3 Å². The molecule has 1 aromatic rings. The van der Waals surface area contributed by atoms with Gasteiger partial charge in [0.1, 0.15) is 6.04 Å². The summed E-state index contributed by atoms with van der Waals surface area (Å²) in [6, 6.07) is 7.08. The molecule has 2 amide bonds. The lowest BCUT2D eigenvalue weighted by Gasteiger charge is -2.27. The molecule has 0 aliphatic carbocycles. The minimum Gasteiger partial charge on any atom is -0.379 e. The first-order chi connectivity index (χ1) is 11.2. The number of morpholine rings is 1. The largest absolute Gasteiger partial charge is 0.379 e. The van der Waals surface area contributed by atoms with Gasteiger partial charge < -0.3 is 15.0 Å². The van der Waals surface area contributed by atoms with Gasteiger partial charge in [-0.15, -0.1) is 0 Å². The van der Waals surface area contributed by atoms with Crippen LogP contribution in [0, 0.1) is 0 Å². The van der Waals surface area contributed by atoms with Gasteiger partial charge in [0.05, 0.1) is 13.2 Å². The van der Waals surface area contributed by atoms with Gasteiger partial charge in [0.2, 0.25) is 5.91 Å². The number of carbonyl (C=O) groups is 2. The van der Waals surface area contributed by atoms with Crippen molar-refractivity contribution in [3.63, 3.8) is 0 Å². The summed E-state index contributed by atoms with van der Waals surface area (Å²) >= 11 is 0. The van der Waals surface area contributed by atoms with Crippen LogP contribution in [0.5, 0.6) is 0 Å². The predicted molar refractivity (Wildman–Crippen MR) is 86.0 cm³/mol. The molecule has 124 valence electrons. The zero-order valence-corrected chi connectivity index (χ0v) is 13.5. The van der Waals surface area contributed by atoms with Gasteiger partial charge in [0, 0.05) is 38.3 Å². The van der Waals surface area contributed by atoms with E-state index in [1.54, 1.807) is 11.8 Å². The quantitative estimate of drug-likeness (QED) is 0.858. The molecule has 2 aliphatic rings. The molecule has 1 atom stereocenters. The Kier molecular flexibility index (Phi) is 4.93. The van der Waals surface area contributed by atoms with Gasteiger partial charge in [0.15, 0.2) is 0 Å². The number of hydrogen-bond donors (Lipinski definition) is 1. The van der Waals surface area contributed by atoms with Crippen molar-refractivity contribution in [3.05, 3.63) is 35.4 Å². The van der Waals surface area contributed by atoms with E-state index in [2.05, 4.69) is 10.2 Å². The fourth-order valence-electron chi connectivity index (χ4n) is 3.04. The fourth-order valence-corrected chi connectivity index (χ4v) is 3.04. The number of fused-ring (bicyclic) bond motifs is 1. The second-order valence-corrected chi connectivity index (χ2v) is 6.01. The molecule has 2 aliphatic heterocycles. The summed E-state index contributed by atoms with van der Waals surface area (Å²) < 4.78 is 5.30. The Bertz CT molecular complexity index is 584. The number of carbonyl (C=O) groups excluding carboxylic acids is 2. The third-order valence-electron chi connectivity index (χ3n) is 4.53. The van der Waals surface area contributed by atoms with Crippen molar-refractivity contribution in [2.24, 2.45) is 0 Å². The maximum atomic E-state index is 12.4. The summed E-state index contributed by atoms with van der Waals surface area (Å²) in [5.74, 6) is -0.157. The van der Waals surface area contributed by atoms with Crippen LogP contribution in [-0.2, 0) is 16.1 Å². The molecule has 0 radical (unpaired) electrons. The smallest absolute Gasteiger partial charge is 0.255 e. The van der Waals surface area contributed by atoms with E-state index in [0.717, 1.165) is 38.4 Å². The number of hydrogen-bond acceptors (Lipinski definition) is 4. The highest BCUT2D eigenvalue weighted by Crippen LogP contribution is 2.24. The van der Waals surface area contributed by atoms with E-state index in [1.165, 1.54) is 0 Å². The lowest BCUT2D eigenvalue weighted by Crippen LogP contribution is -2.47. The first-order valence-corrected chi connectivity index (χ1v) is 8.13. The van der Waals surface area contributed by atoms with Crippen molar-refractivity contribution in [1.82, 2.24) is 15.1 Å². The number of amides is 2. The SMILES string of the molecule is CC(C(=O)NCCN1CCOCC1)N1Cc2ccccc2C1=O. The van der Waals surface area contributed by atoms with Gasteiger partial charge in [-0.2, -0.15) is 0 Å². The van der Waals surface area contributed by atoms with Crippen LogP contribution in [0.2, 0.25) is 0 Å². The van der Waals surface area contributed by atoms with E-state index in [0.29, 0.717) is 18.7 Å². The maximum absolute atomic E-state index is 12.4. The molecule has 1 fully saturated rings. The molecule has 0 bridgehead atoms. The van der Waals surface area contributed by atoms with Crippen molar-refractivity contribution in [3.8, 4) is 0 Å². The van der Waals surface area contributed by atoms with Crippen LogP contribution in [0.1, 0.15) is 22.8 Å². The molecule has 1 N–H and O–H groups in total. The number of nitrogens with zero attached hydrogens (tertiary/aromatic N) is 2. The number of nitrogens with one attached hydrogen (secondary N) is 1. The van der Waals surface area contributed by atoms with E-state index in [9.17, 15) is 9.59 Å². The van der Waals surface area contributed by atoms with Gasteiger partial charge in [-0.3, -0.25) is 14.5 Å². The molecule has 0 saturated carbocycles. The van der Waals surface area contributed by atoms with E-state index in [-0.39, 0.29) is 11.8 Å². The second kappa shape index (κ2) is 7.10. The van der Waals surface area contributed by atoms with Crippen LogP contribution in [-0.4, -0.2) is 67.0 Å². The Hall–Kier alpha value is -1.92. The van der Waals surface area contributed by atoms with E-state index in [4.69, 9.17) is 4.74 Å². The van der Waals surface area contributed by atoms with Crippen molar-refractivity contribution >= 4 is 11.8 Å². The fraction of sp³-hybridized carbons (Fsp3) is 0.529. The lowest BCUT2D eigenvalue weighted by atomic mass is 10.1. The molecule has 3 rings (SSSR count). The average molecular weight is 317 g/mol. The second-order valence-electron chi connectivity index (χ2n) is 6.01. The zero-order chi connectivity index (χ0) is 16.2. The summed E-state index contributed by atoms with van der Waals surface area (Å²) in [6.07, 6.45) is 0. The third-order valence-corrected chi connectivity index (χ3v) is 4.53. The summed E-state index contributed by atoms with van der Waals surface area (Å²) in [5.41, 5.74) is 1.70. The lowest BCUT2D eigenvalue weighted by molar-refractivity contribution is -0.125. The molecular weight excluding hydrogens is 294 g/mol. The predicted octanol–water partition coefficient (Wildman–Crippen LogP) is 0.479. The normalized spacial score (nSPS) is 19.5. The zero-order valence-electron chi connectivity index (χ0n) is 13.5. The summed E-state index contributed by atoms with van der Waals surface area (Å²) in [5, 5.41) is 2.94. The molecule has 2 heterocycles. The molecule has 1 aromatic carbocycles. The van der Waals surface area contributed by atoms with Crippen LogP contribution in [0.3, 0.4) is 0 Å². The number of rotatable bonds is 5. The van der Waals surface area contributed by atoms with Crippen LogP contribution >= 0.6 is 0 Å². The van der Waals surface area contributed by atoms with Crippen LogP contribution < -0.4 is 5.32 Å². The highest BCUT2D eigenvalue weighted by atomic mass is 16.5. The molecular formula is C17H23N3O3. The minimum atomic E-state index is -0.459. The highest BCUT2D eigenvalue weighted by Gasteiger charge is 2.33. The number of benzene rings is 1. The van der Waals surface area contributed by atoms with Crippen molar-refractivity contribution in [2.75, 3.05) is 39.4 Å². The maximum Gasteiger partial charge on any atom is 0.255 e. The van der Waals surface area contributed by atoms with Crippen molar-refractivity contribution in [1.29, 1.82) is 0 Å². The number of ether oxygens (including phenoxy) is 1. The first-order valence-electron chi connectivity index (χ1n) is 8.13. The minimum absolute atomic E-state index is 0.0589. The monoisotopic (exact) mass is 317 g/mol. The molecule has 6 nitrogen and oxygen atoms in total. The highest BCUT2D eigenvalue weighted by molar-refractivity contribution is 6.00. The van der Waals surface area contributed by atoms with Gasteiger partial charge in [-0.25, -0.2) is 0 Å².